The van der Waals surface area contributed by atoms with Crippen molar-refractivity contribution in [2.24, 2.45) is 4.99 Å². The maximum absolute atomic E-state index is 12.5. The second-order valence-corrected chi connectivity index (χ2v) is 8.39. The van der Waals surface area contributed by atoms with Crippen molar-refractivity contribution in [3.63, 3.8) is 0 Å². The average molecular weight is 548 g/mol. The van der Waals surface area contributed by atoms with E-state index in [1.165, 1.54) is 5.56 Å². The summed E-state index contributed by atoms with van der Waals surface area (Å²) in [5.74, 6) is 1.67. The fraction of sp³-hybridized carbons (Fsp3) is 0.619. The molecule has 3 fully saturated rings. The third kappa shape index (κ3) is 5.99. The SMILES string of the molecule is CN=C(NC1CC1c1cccc(Cl)c1)N1CCN(CC(=O)N2CCOCC2)CC1.I. The summed E-state index contributed by atoms with van der Waals surface area (Å²) in [5.41, 5.74) is 1.29. The second kappa shape index (κ2) is 11.0. The number of ether oxygens (including phenoxy) is 1. The molecule has 1 aliphatic carbocycles. The molecule has 1 amide bonds. The Balaban J connectivity index is 0.00000256. The van der Waals surface area contributed by atoms with Gasteiger partial charge in [-0.25, -0.2) is 0 Å². The van der Waals surface area contributed by atoms with Crippen LogP contribution in [0.25, 0.3) is 0 Å². The predicted molar refractivity (Wildman–Crippen MR) is 130 cm³/mol. The first-order valence-corrected chi connectivity index (χ1v) is 10.8. The fourth-order valence-electron chi connectivity index (χ4n) is 4.15. The maximum atomic E-state index is 12.5. The molecule has 9 heteroatoms. The average Bonchev–Trinajstić information content (AvgIpc) is 3.53. The number of carbonyl (C=O) groups is 1. The zero-order chi connectivity index (χ0) is 20.2. The van der Waals surface area contributed by atoms with Crippen LogP contribution in [0.15, 0.2) is 29.3 Å². The Morgan fingerprint density at radius 3 is 2.57 bits per heavy atom. The quantitative estimate of drug-likeness (QED) is 0.354. The summed E-state index contributed by atoms with van der Waals surface area (Å²) in [4.78, 5) is 23.4. The number of halogens is 2. The van der Waals surface area contributed by atoms with Crippen LogP contribution in [0.5, 0.6) is 0 Å². The lowest BCUT2D eigenvalue weighted by Crippen LogP contribution is -2.55. The highest BCUT2D eigenvalue weighted by atomic mass is 127. The van der Waals surface area contributed by atoms with Crippen LogP contribution in [0, 0.1) is 0 Å². The molecule has 1 aromatic rings. The summed E-state index contributed by atoms with van der Waals surface area (Å²) in [6.07, 6.45) is 1.10. The van der Waals surface area contributed by atoms with E-state index in [1.54, 1.807) is 0 Å². The molecule has 1 N–H and O–H groups in total. The third-order valence-electron chi connectivity index (χ3n) is 5.99. The molecule has 30 heavy (non-hydrogen) atoms. The van der Waals surface area contributed by atoms with Gasteiger partial charge in [0.1, 0.15) is 0 Å². The minimum atomic E-state index is 0. The number of aliphatic imine (C=N–C) groups is 1. The number of piperazine rings is 1. The van der Waals surface area contributed by atoms with Crippen LogP contribution < -0.4 is 5.32 Å². The van der Waals surface area contributed by atoms with Crippen LogP contribution in [0.1, 0.15) is 17.9 Å². The molecule has 3 aliphatic rings. The van der Waals surface area contributed by atoms with Gasteiger partial charge in [0.15, 0.2) is 5.96 Å². The standard InChI is InChI=1S/C21H30ClN5O2.HI/c1-23-21(24-19-14-18(19)16-3-2-4-17(22)13-16)27-7-5-25(6-8-27)15-20(28)26-9-11-29-12-10-26;/h2-4,13,18-19H,5-12,14-15H2,1H3,(H,23,24);1H. The van der Waals surface area contributed by atoms with Gasteiger partial charge in [0, 0.05) is 63.3 Å². The van der Waals surface area contributed by atoms with Gasteiger partial charge in [-0.3, -0.25) is 14.7 Å². The van der Waals surface area contributed by atoms with Crippen molar-refractivity contribution in [2.75, 3.05) is 66.1 Å². The number of hydrogen-bond acceptors (Lipinski definition) is 4. The number of rotatable bonds is 4. The lowest BCUT2D eigenvalue weighted by Gasteiger charge is -2.37. The van der Waals surface area contributed by atoms with Crippen LogP contribution in [-0.2, 0) is 9.53 Å². The van der Waals surface area contributed by atoms with E-state index < -0.39 is 0 Å². The summed E-state index contributed by atoms with van der Waals surface area (Å²) in [6, 6.07) is 8.54. The van der Waals surface area contributed by atoms with Gasteiger partial charge in [0.25, 0.3) is 0 Å². The molecule has 0 radical (unpaired) electrons. The van der Waals surface area contributed by atoms with Crippen LogP contribution in [-0.4, -0.2) is 98.7 Å². The van der Waals surface area contributed by atoms with Gasteiger partial charge in [-0.15, -0.1) is 24.0 Å². The number of morpholine rings is 1. The van der Waals surface area contributed by atoms with Crippen molar-refractivity contribution in [3.05, 3.63) is 34.9 Å². The molecular formula is C21H31ClIN5O2. The smallest absolute Gasteiger partial charge is 0.236 e. The van der Waals surface area contributed by atoms with Crippen molar-refractivity contribution in [1.29, 1.82) is 0 Å². The topological polar surface area (TPSA) is 60.4 Å². The van der Waals surface area contributed by atoms with Crippen molar-refractivity contribution in [1.82, 2.24) is 20.0 Å². The van der Waals surface area contributed by atoms with E-state index in [2.05, 4.69) is 32.2 Å². The van der Waals surface area contributed by atoms with E-state index in [0.717, 1.165) is 43.6 Å². The number of benzene rings is 1. The summed E-state index contributed by atoms with van der Waals surface area (Å²) in [5, 5.41) is 4.40. The van der Waals surface area contributed by atoms with Gasteiger partial charge >= 0.3 is 0 Å². The Kier molecular flexibility index (Phi) is 8.62. The highest BCUT2D eigenvalue weighted by Gasteiger charge is 2.40. The first kappa shape index (κ1) is 23.6. The lowest BCUT2D eigenvalue weighted by molar-refractivity contribution is -0.136. The van der Waals surface area contributed by atoms with E-state index in [-0.39, 0.29) is 29.9 Å². The van der Waals surface area contributed by atoms with Gasteiger partial charge in [0.2, 0.25) is 5.91 Å². The summed E-state index contributed by atoms with van der Waals surface area (Å²) < 4.78 is 5.33. The Labute approximate surface area is 200 Å². The normalized spacial score (nSPS) is 24.9. The molecular weight excluding hydrogens is 517 g/mol. The Morgan fingerprint density at radius 2 is 1.90 bits per heavy atom. The monoisotopic (exact) mass is 547 g/mol. The first-order valence-electron chi connectivity index (χ1n) is 10.5. The third-order valence-corrected chi connectivity index (χ3v) is 6.22. The molecule has 2 aliphatic heterocycles. The van der Waals surface area contributed by atoms with Crippen molar-refractivity contribution < 1.29 is 9.53 Å². The summed E-state index contributed by atoms with van der Waals surface area (Å²) >= 11 is 6.13. The molecule has 2 atom stereocenters. The van der Waals surface area contributed by atoms with E-state index in [1.807, 2.05) is 24.1 Å². The first-order chi connectivity index (χ1) is 14.1. The molecule has 0 aromatic heterocycles. The highest BCUT2D eigenvalue weighted by molar-refractivity contribution is 14.0. The van der Waals surface area contributed by atoms with Crippen LogP contribution >= 0.6 is 35.6 Å². The molecule has 0 spiro atoms. The van der Waals surface area contributed by atoms with E-state index >= 15 is 0 Å². The van der Waals surface area contributed by atoms with Gasteiger partial charge in [-0.05, 0) is 24.1 Å². The molecule has 1 saturated carbocycles. The molecule has 2 heterocycles. The molecule has 0 bridgehead atoms. The highest BCUT2D eigenvalue weighted by Crippen LogP contribution is 2.41. The maximum Gasteiger partial charge on any atom is 0.236 e. The van der Waals surface area contributed by atoms with Crippen molar-refractivity contribution >= 4 is 47.4 Å². The van der Waals surface area contributed by atoms with E-state index in [4.69, 9.17) is 16.3 Å². The molecule has 2 unspecified atom stereocenters. The van der Waals surface area contributed by atoms with Crippen LogP contribution in [0.4, 0.5) is 0 Å². The summed E-state index contributed by atoms with van der Waals surface area (Å²) in [6.45, 7) is 6.74. The van der Waals surface area contributed by atoms with Crippen LogP contribution in [0.3, 0.4) is 0 Å². The zero-order valence-corrected chi connectivity index (χ0v) is 20.5. The predicted octanol–water partition coefficient (Wildman–Crippen LogP) is 1.87. The number of guanidine groups is 1. The fourth-order valence-corrected chi connectivity index (χ4v) is 4.34. The lowest BCUT2D eigenvalue weighted by atomic mass is 10.1. The molecule has 2 saturated heterocycles. The largest absolute Gasteiger partial charge is 0.378 e. The van der Waals surface area contributed by atoms with Gasteiger partial charge in [-0.2, -0.15) is 0 Å². The number of carbonyl (C=O) groups excluding carboxylic acids is 1. The Bertz CT molecular complexity index is 751. The zero-order valence-electron chi connectivity index (χ0n) is 17.4. The van der Waals surface area contributed by atoms with Crippen LogP contribution in [0.2, 0.25) is 5.02 Å². The Morgan fingerprint density at radius 1 is 1.17 bits per heavy atom. The molecule has 1 aromatic carbocycles. The number of hydrogen-bond donors (Lipinski definition) is 1. The molecule has 7 nitrogen and oxygen atoms in total. The molecule has 4 rings (SSSR count). The second-order valence-electron chi connectivity index (χ2n) is 7.95. The minimum Gasteiger partial charge on any atom is -0.378 e. The molecule has 166 valence electrons. The van der Waals surface area contributed by atoms with E-state index in [9.17, 15) is 4.79 Å². The van der Waals surface area contributed by atoms with Crippen molar-refractivity contribution in [3.8, 4) is 0 Å². The number of amides is 1. The van der Waals surface area contributed by atoms with Gasteiger partial charge in [0.05, 0.1) is 19.8 Å². The van der Waals surface area contributed by atoms with Gasteiger partial charge < -0.3 is 19.9 Å². The number of nitrogens with one attached hydrogen (secondary N) is 1. The Hall–Kier alpha value is -1.10. The minimum absolute atomic E-state index is 0. The van der Waals surface area contributed by atoms with Crippen molar-refractivity contribution in [2.45, 2.75) is 18.4 Å². The number of nitrogens with zero attached hydrogens (tertiary/aromatic N) is 4. The van der Waals surface area contributed by atoms with E-state index in [0.29, 0.717) is 44.8 Å². The van der Waals surface area contributed by atoms with Gasteiger partial charge in [-0.1, -0.05) is 23.7 Å². The summed E-state index contributed by atoms with van der Waals surface area (Å²) in [7, 11) is 1.84.